The first kappa shape index (κ1) is 21.2. The summed E-state index contributed by atoms with van der Waals surface area (Å²) in [6.07, 6.45) is 0.621. The van der Waals surface area contributed by atoms with Gasteiger partial charge in [0.1, 0.15) is 0 Å². The number of carbonyl (C=O) groups excluding carboxylic acids is 2. The van der Waals surface area contributed by atoms with E-state index in [0.717, 1.165) is 11.3 Å². The predicted molar refractivity (Wildman–Crippen MR) is 118 cm³/mol. The second kappa shape index (κ2) is 9.32. The number of nitrogens with one attached hydrogen (secondary N) is 2. The van der Waals surface area contributed by atoms with Crippen molar-refractivity contribution in [2.24, 2.45) is 0 Å². The van der Waals surface area contributed by atoms with Gasteiger partial charge in [-0.2, -0.15) is 0 Å². The van der Waals surface area contributed by atoms with Gasteiger partial charge in [-0.15, -0.1) is 11.8 Å². The van der Waals surface area contributed by atoms with Crippen LogP contribution >= 0.6 is 11.8 Å². The lowest BCUT2D eigenvalue weighted by molar-refractivity contribution is -0.114. The lowest BCUT2D eigenvalue weighted by Crippen LogP contribution is -2.25. The van der Waals surface area contributed by atoms with E-state index in [9.17, 15) is 18.0 Å². The third-order valence-electron chi connectivity index (χ3n) is 4.31. The summed E-state index contributed by atoms with van der Waals surface area (Å²) < 4.78 is 25.3. The van der Waals surface area contributed by atoms with Crippen molar-refractivity contribution < 1.29 is 18.0 Å². The van der Waals surface area contributed by atoms with Crippen molar-refractivity contribution in [1.29, 1.82) is 0 Å². The lowest BCUT2D eigenvalue weighted by Gasteiger charge is -2.17. The Balaban J connectivity index is 1.43. The molecule has 0 bridgehead atoms. The van der Waals surface area contributed by atoms with Gasteiger partial charge in [0.05, 0.1) is 22.9 Å². The van der Waals surface area contributed by atoms with Gasteiger partial charge in [0.2, 0.25) is 21.8 Å². The van der Waals surface area contributed by atoms with Gasteiger partial charge in [-0.1, -0.05) is 12.1 Å². The number of rotatable bonds is 7. The van der Waals surface area contributed by atoms with Crippen molar-refractivity contribution in [2.45, 2.75) is 13.3 Å². The molecule has 0 aliphatic carbocycles. The monoisotopic (exact) mass is 433 g/mol. The minimum atomic E-state index is -3.22. The number of sulfonamides is 1. The molecule has 1 aliphatic rings. The van der Waals surface area contributed by atoms with E-state index in [1.54, 1.807) is 24.3 Å². The summed E-state index contributed by atoms with van der Waals surface area (Å²) in [5, 5.41) is 5.55. The van der Waals surface area contributed by atoms with Crippen molar-refractivity contribution in [1.82, 2.24) is 0 Å². The molecule has 154 valence electrons. The number of aryl methyl sites for hydroxylation is 1. The summed E-state index contributed by atoms with van der Waals surface area (Å²) in [6, 6.07) is 14.2. The summed E-state index contributed by atoms with van der Waals surface area (Å²) in [4.78, 5) is 24.0. The van der Waals surface area contributed by atoms with Crippen LogP contribution < -0.4 is 14.9 Å². The van der Waals surface area contributed by atoms with Gasteiger partial charge in [-0.05, 0) is 55.3 Å². The third kappa shape index (κ3) is 5.98. The molecular weight excluding hydrogens is 410 g/mol. The maximum atomic E-state index is 12.1. The summed E-state index contributed by atoms with van der Waals surface area (Å²) in [5.74, 6) is 0.0982. The third-order valence-corrected chi connectivity index (χ3v) is 7.11. The van der Waals surface area contributed by atoms with Crippen LogP contribution in [0.5, 0.6) is 0 Å². The zero-order valence-corrected chi connectivity index (χ0v) is 17.7. The molecule has 2 aromatic rings. The number of benzene rings is 2. The van der Waals surface area contributed by atoms with Crippen LogP contribution in [0, 0.1) is 6.92 Å². The van der Waals surface area contributed by atoms with Crippen molar-refractivity contribution in [2.75, 3.05) is 38.7 Å². The van der Waals surface area contributed by atoms with Crippen LogP contribution in [0.3, 0.4) is 0 Å². The van der Waals surface area contributed by atoms with Crippen LogP contribution in [0.25, 0.3) is 0 Å². The van der Waals surface area contributed by atoms with Gasteiger partial charge < -0.3 is 10.6 Å². The Morgan fingerprint density at radius 1 is 1.00 bits per heavy atom. The normalized spacial score (nSPS) is 15.1. The standard InChI is InChI=1S/C20H23N3O4S2/c1-15-4-2-5-17(12-15)22-20(25)14-28-13-19(24)21-16-6-8-18(9-7-16)23-10-3-11-29(23,26)27/h2,4-9,12H,3,10-11,13-14H2,1H3,(H,21,24)(H,22,25). The fourth-order valence-electron chi connectivity index (χ4n) is 2.99. The van der Waals surface area contributed by atoms with Crippen molar-refractivity contribution >= 4 is 50.7 Å². The van der Waals surface area contributed by atoms with E-state index in [4.69, 9.17) is 0 Å². The molecule has 2 aromatic carbocycles. The molecule has 1 saturated heterocycles. The Morgan fingerprint density at radius 2 is 1.66 bits per heavy atom. The topological polar surface area (TPSA) is 95.6 Å². The maximum absolute atomic E-state index is 12.1. The fourth-order valence-corrected chi connectivity index (χ4v) is 5.18. The molecule has 0 saturated carbocycles. The average molecular weight is 434 g/mol. The Hall–Kier alpha value is -2.52. The van der Waals surface area contributed by atoms with Gasteiger partial charge >= 0.3 is 0 Å². The number of hydrogen-bond acceptors (Lipinski definition) is 5. The quantitative estimate of drug-likeness (QED) is 0.700. The predicted octanol–water partition coefficient (Wildman–Crippen LogP) is 2.85. The molecule has 1 aliphatic heterocycles. The first-order valence-corrected chi connectivity index (χ1v) is 11.9. The van der Waals surface area contributed by atoms with E-state index in [1.165, 1.54) is 16.1 Å². The average Bonchev–Trinajstić information content (AvgIpc) is 3.01. The van der Waals surface area contributed by atoms with Crippen LogP contribution in [0.15, 0.2) is 48.5 Å². The molecule has 0 aromatic heterocycles. The Kier molecular flexibility index (Phi) is 6.81. The number of carbonyl (C=O) groups is 2. The highest BCUT2D eigenvalue weighted by Crippen LogP contribution is 2.25. The van der Waals surface area contributed by atoms with Crippen LogP contribution in [0.1, 0.15) is 12.0 Å². The minimum absolute atomic E-state index is 0.142. The number of anilines is 3. The smallest absolute Gasteiger partial charge is 0.235 e. The number of amides is 2. The molecular formula is C20H23N3O4S2. The van der Waals surface area contributed by atoms with Gasteiger partial charge in [0, 0.05) is 17.9 Å². The number of hydrogen-bond donors (Lipinski definition) is 2. The zero-order chi connectivity index (χ0) is 20.9. The molecule has 2 N–H and O–H groups in total. The molecule has 0 spiro atoms. The Morgan fingerprint density at radius 3 is 2.24 bits per heavy atom. The molecule has 7 nitrogen and oxygen atoms in total. The molecule has 0 atom stereocenters. The fraction of sp³-hybridized carbons (Fsp3) is 0.300. The van der Waals surface area contributed by atoms with E-state index in [0.29, 0.717) is 24.3 Å². The van der Waals surface area contributed by atoms with Crippen LogP contribution in [-0.4, -0.2) is 44.0 Å². The zero-order valence-electron chi connectivity index (χ0n) is 16.1. The van der Waals surface area contributed by atoms with Gasteiger partial charge in [0.25, 0.3) is 0 Å². The molecule has 2 amide bonds. The lowest BCUT2D eigenvalue weighted by atomic mass is 10.2. The highest BCUT2D eigenvalue weighted by Gasteiger charge is 2.28. The summed E-state index contributed by atoms with van der Waals surface area (Å²) in [5.41, 5.74) is 2.98. The van der Waals surface area contributed by atoms with Crippen LogP contribution in [0.2, 0.25) is 0 Å². The van der Waals surface area contributed by atoms with Gasteiger partial charge in [0.15, 0.2) is 0 Å². The molecule has 29 heavy (non-hydrogen) atoms. The maximum Gasteiger partial charge on any atom is 0.235 e. The highest BCUT2D eigenvalue weighted by atomic mass is 32.2. The van der Waals surface area contributed by atoms with E-state index >= 15 is 0 Å². The SMILES string of the molecule is Cc1cccc(NC(=O)CSCC(=O)Nc2ccc(N3CCCS3(=O)=O)cc2)c1. The number of nitrogens with zero attached hydrogens (tertiary/aromatic N) is 1. The van der Waals surface area contributed by atoms with E-state index in [-0.39, 0.29) is 29.1 Å². The summed E-state index contributed by atoms with van der Waals surface area (Å²) in [6.45, 7) is 2.43. The summed E-state index contributed by atoms with van der Waals surface area (Å²) >= 11 is 1.22. The van der Waals surface area contributed by atoms with Gasteiger partial charge in [-0.25, -0.2) is 8.42 Å². The minimum Gasteiger partial charge on any atom is -0.325 e. The second-order valence-electron chi connectivity index (χ2n) is 6.75. The Labute approximate surface area is 174 Å². The molecule has 1 heterocycles. The van der Waals surface area contributed by atoms with Crippen LogP contribution in [0.4, 0.5) is 17.1 Å². The molecule has 9 heteroatoms. The largest absolute Gasteiger partial charge is 0.325 e. The molecule has 1 fully saturated rings. The van der Waals surface area contributed by atoms with Crippen LogP contribution in [-0.2, 0) is 19.6 Å². The molecule has 0 radical (unpaired) electrons. The van der Waals surface area contributed by atoms with Crippen molar-refractivity contribution in [3.05, 3.63) is 54.1 Å². The first-order valence-electron chi connectivity index (χ1n) is 9.18. The highest BCUT2D eigenvalue weighted by molar-refractivity contribution is 8.00. The molecule has 3 rings (SSSR count). The Bertz CT molecular complexity index is 991. The second-order valence-corrected chi connectivity index (χ2v) is 9.75. The first-order chi connectivity index (χ1) is 13.8. The van der Waals surface area contributed by atoms with Crippen molar-refractivity contribution in [3.8, 4) is 0 Å². The van der Waals surface area contributed by atoms with Crippen molar-refractivity contribution in [3.63, 3.8) is 0 Å². The number of thioether (sulfide) groups is 1. The van der Waals surface area contributed by atoms with Gasteiger partial charge in [-0.3, -0.25) is 13.9 Å². The van der Waals surface area contributed by atoms with E-state index in [1.807, 2.05) is 31.2 Å². The van der Waals surface area contributed by atoms with E-state index < -0.39 is 10.0 Å². The summed E-state index contributed by atoms with van der Waals surface area (Å²) in [7, 11) is -3.22. The van der Waals surface area contributed by atoms with E-state index in [2.05, 4.69) is 10.6 Å². The molecule has 0 unspecified atom stereocenters.